The molecule has 0 amide bonds. The third-order valence-electron chi connectivity index (χ3n) is 1.93. The Kier molecular flexibility index (Phi) is 5.27. The molecule has 0 saturated heterocycles. The van der Waals surface area contributed by atoms with Crippen molar-refractivity contribution < 1.29 is 9.59 Å². The van der Waals surface area contributed by atoms with Crippen molar-refractivity contribution in [2.24, 2.45) is 0 Å². The van der Waals surface area contributed by atoms with Crippen molar-refractivity contribution >= 4 is 34.3 Å². The van der Waals surface area contributed by atoms with E-state index >= 15 is 0 Å². The van der Waals surface area contributed by atoms with Crippen molar-refractivity contribution in [3.63, 3.8) is 0 Å². The van der Waals surface area contributed by atoms with Gasteiger partial charge in [-0.1, -0.05) is 35.2 Å². The van der Waals surface area contributed by atoms with E-state index in [-0.39, 0.29) is 10.9 Å². The van der Waals surface area contributed by atoms with Crippen LogP contribution >= 0.6 is 23.4 Å². The van der Waals surface area contributed by atoms with Crippen LogP contribution in [0.5, 0.6) is 0 Å². The van der Waals surface area contributed by atoms with E-state index in [9.17, 15) is 9.59 Å². The van der Waals surface area contributed by atoms with Crippen LogP contribution in [0.25, 0.3) is 0 Å². The molecule has 0 radical (unpaired) electrons. The Labute approximate surface area is 110 Å². The maximum absolute atomic E-state index is 11.2. The summed E-state index contributed by atoms with van der Waals surface area (Å²) in [6, 6.07) is 5.06. The smallest absolute Gasteiger partial charge is 0.186 e. The summed E-state index contributed by atoms with van der Waals surface area (Å²) in [5, 5.41) is 0.452. The average Bonchev–Trinajstić information content (AvgIpc) is 2.23. The molecular formula is C13H11ClO2S. The number of carbonyl (C=O) groups is 2. The predicted molar refractivity (Wildman–Crippen MR) is 71.5 cm³/mol. The maximum Gasteiger partial charge on any atom is 0.186 e. The van der Waals surface area contributed by atoms with E-state index in [4.69, 9.17) is 11.6 Å². The predicted octanol–water partition coefficient (Wildman–Crippen LogP) is 3.17. The van der Waals surface area contributed by atoms with Crippen LogP contribution < -0.4 is 0 Å². The van der Waals surface area contributed by atoms with E-state index < -0.39 is 0 Å². The zero-order chi connectivity index (χ0) is 12.8. The van der Waals surface area contributed by atoms with Gasteiger partial charge in [0.05, 0.1) is 10.8 Å². The highest BCUT2D eigenvalue weighted by atomic mass is 35.5. The number of benzene rings is 1. The largest absolute Gasteiger partial charge is 0.294 e. The van der Waals surface area contributed by atoms with Gasteiger partial charge < -0.3 is 0 Å². The molecule has 0 aliphatic carbocycles. The third-order valence-corrected chi connectivity index (χ3v) is 2.94. The number of ketones is 1. The van der Waals surface area contributed by atoms with Crippen LogP contribution in [0.4, 0.5) is 0 Å². The number of thioether (sulfide) groups is 1. The molecule has 0 unspecified atom stereocenters. The van der Waals surface area contributed by atoms with Crippen LogP contribution in [0.2, 0.25) is 5.02 Å². The molecule has 1 aromatic rings. The van der Waals surface area contributed by atoms with E-state index in [1.807, 2.05) is 0 Å². The molecule has 88 valence electrons. The first-order chi connectivity index (χ1) is 8.00. The lowest BCUT2D eigenvalue weighted by Crippen LogP contribution is -1.93. The van der Waals surface area contributed by atoms with Gasteiger partial charge in [-0.15, -0.1) is 0 Å². The standard InChI is InChI=1S/C13H11ClO2S/c1-9(15)12-6-5-11(8-13(12)14)4-3-7-17-10(2)16/h5-6,8H,7H2,1-2H3. The van der Waals surface area contributed by atoms with Gasteiger partial charge in [0.2, 0.25) is 0 Å². The molecular weight excluding hydrogens is 256 g/mol. The molecule has 0 aliphatic rings. The summed E-state index contributed by atoms with van der Waals surface area (Å²) in [5.74, 6) is 6.14. The second-order valence-corrected chi connectivity index (χ2v) is 4.89. The first kappa shape index (κ1) is 13.8. The van der Waals surface area contributed by atoms with Crippen LogP contribution in [0.3, 0.4) is 0 Å². The average molecular weight is 267 g/mol. The molecule has 0 fully saturated rings. The van der Waals surface area contributed by atoms with Crippen molar-refractivity contribution in [2.45, 2.75) is 13.8 Å². The molecule has 0 aromatic heterocycles. The van der Waals surface area contributed by atoms with E-state index in [0.29, 0.717) is 16.3 Å². The lowest BCUT2D eigenvalue weighted by atomic mass is 10.1. The molecule has 0 atom stereocenters. The fourth-order valence-electron chi connectivity index (χ4n) is 1.15. The number of halogens is 1. The first-order valence-electron chi connectivity index (χ1n) is 4.93. The molecule has 0 spiro atoms. The summed E-state index contributed by atoms with van der Waals surface area (Å²) in [4.78, 5) is 21.8. The quantitative estimate of drug-likeness (QED) is 0.609. The van der Waals surface area contributed by atoms with Crippen LogP contribution in [0.1, 0.15) is 29.8 Å². The number of carbonyl (C=O) groups excluding carboxylic acids is 2. The van der Waals surface area contributed by atoms with Crippen molar-refractivity contribution in [2.75, 3.05) is 5.75 Å². The molecule has 0 aliphatic heterocycles. The van der Waals surface area contributed by atoms with Crippen LogP contribution in [-0.4, -0.2) is 16.7 Å². The fourth-order valence-corrected chi connectivity index (χ4v) is 1.82. The van der Waals surface area contributed by atoms with Crippen LogP contribution in [0, 0.1) is 11.8 Å². The van der Waals surface area contributed by atoms with Gasteiger partial charge in [-0.05, 0) is 25.1 Å². The van der Waals surface area contributed by atoms with Crippen molar-refractivity contribution in [3.05, 3.63) is 34.3 Å². The number of hydrogen-bond donors (Lipinski definition) is 0. The normalized spacial score (nSPS) is 9.35. The lowest BCUT2D eigenvalue weighted by molar-refractivity contribution is -0.109. The summed E-state index contributed by atoms with van der Waals surface area (Å²) >= 11 is 7.10. The van der Waals surface area contributed by atoms with Gasteiger partial charge in [0.15, 0.2) is 10.9 Å². The van der Waals surface area contributed by atoms with Crippen molar-refractivity contribution in [3.8, 4) is 11.8 Å². The molecule has 2 nitrogen and oxygen atoms in total. The van der Waals surface area contributed by atoms with Gasteiger partial charge in [0.1, 0.15) is 0 Å². The number of rotatable bonds is 2. The molecule has 0 saturated carbocycles. The molecule has 4 heteroatoms. The second-order valence-electron chi connectivity index (χ2n) is 3.33. The topological polar surface area (TPSA) is 34.1 Å². The zero-order valence-corrected chi connectivity index (χ0v) is 11.1. The summed E-state index contributed by atoms with van der Waals surface area (Å²) < 4.78 is 0. The Bertz CT molecular complexity index is 512. The van der Waals surface area contributed by atoms with Gasteiger partial charge in [-0.25, -0.2) is 0 Å². The van der Waals surface area contributed by atoms with E-state index in [0.717, 1.165) is 17.3 Å². The minimum absolute atomic E-state index is 0.0456. The minimum Gasteiger partial charge on any atom is -0.294 e. The zero-order valence-electron chi connectivity index (χ0n) is 9.54. The van der Waals surface area contributed by atoms with Gasteiger partial charge in [0, 0.05) is 18.1 Å². The highest BCUT2D eigenvalue weighted by Gasteiger charge is 2.04. The Hall–Kier alpha value is -1.24. The highest BCUT2D eigenvalue weighted by molar-refractivity contribution is 8.13. The Morgan fingerprint density at radius 2 is 2.06 bits per heavy atom. The van der Waals surface area contributed by atoms with E-state index in [1.54, 1.807) is 18.2 Å². The van der Waals surface area contributed by atoms with Crippen LogP contribution in [-0.2, 0) is 4.79 Å². The molecule has 0 bridgehead atoms. The van der Waals surface area contributed by atoms with Gasteiger partial charge >= 0.3 is 0 Å². The molecule has 1 rings (SSSR count). The Balaban J connectivity index is 2.77. The molecule has 17 heavy (non-hydrogen) atoms. The van der Waals surface area contributed by atoms with Gasteiger partial charge in [-0.3, -0.25) is 9.59 Å². The fraction of sp³-hybridized carbons (Fsp3) is 0.231. The molecule has 0 heterocycles. The van der Waals surface area contributed by atoms with Crippen molar-refractivity contribution in [1.29, 1.82) is 0 Å². The monoisotopic (exact) mass is 266 g/mol. The first-order valence-corrected chi connectivity index (χ1v) is 6.30. The number of hydrogen-bond acceptors (Lipinski definition) is 3. The summed E-state index contributed by atoms with van der Waals surface area (Å²) in [7, 11) is 0. The van der Waals surface area contributed by atoms with E-state index in [1.165, 1.54) is 13.8 Å². The van der Waals surface area contributed by atoms with Gasteiger partial charge in [0.25, 0.3) is 0 Å². The van der Waals surface area contributed by atoms with Crippen LogP contribution in [0.15, 0.2) is 18.2 Å². The second kappa shape index (κ2) is 6.48. The summed E-state index contributed by atoms with van der Waals surface area (Å²) in [5.41, 5.74) is 1.24. The van der Waals surface area contributed by atoms with E-state index in [2.05, 4.69) is 11.8 Å². The Morgan fingerprint density at radius 1 is 1.35 bits per heavy atom. The molecule has 1 aromatic carbocycles. The lowest BCUT2D eigenvalue weighted by Gasteiger charge is -1.99. The summed E-state index contributed by atoms with van der Waals surface area (Å²) in [6.07, 6.45) is 0. The minimum atomic E-state index is -0.0679. The summed E-state index contributed by atoms with van der Waals surface area (Å²) in [6.45, 7) is 2.97. The third kappa shape index (κ3) is 4.64. The van der Waals surface area contributed by atoms with Gasteiger partial charge in [-0.2, -0.15) is 0 Å². The maximum atomic E-state index is 11.2. The van der Waals surface area contributed by atoms with Crippen molar-refractivity contribution in [1.82, 2.24) is 0 Å². The SMILES string of the molecule is CC(=O)SCC#Cc1ccc(C(C)=O)c(Cl)c1. The number of Topliss-reactive ketones (excluding diaryl/α,β-unsaturated/α-hetero) is 1. The molecule has 0 N–H and O–H groups in total. The Morgan fingerprint density at radius 3 is 2.59 bits per heavy atom. The highest BCUT2D eigenvalue weighted by Crippen LogP contribution is 2.17.